The Bertz CT molecular complexity index is 890. The Hall–Kier alpha value is -2.67. The molecule has 0 unspecified atom stereocenters. The molecule has 6 nitrogen and oxygen atoms in total. The molecule has 1 saturated heterocycles. The Morgan fingerprint density at radius 1 is 1.30 bits per heavy atom. The molecular formula is C20H24FN5O. The quantitative estimate of drug-likeness (QED) is 0.696. The standard InChI is InChI=1S/C20H24FN5O/c1-25-17(6-9-22-25)14-26-10-7-15(13-26)19-12-16(23-24-19)8-11-27-20-5-3-2-4-18(20)21/h2-6,9,12,15H,7-8,10-11,13-14H2,1H3,(H,23,24)/t15-/m1/s1. The van der Waals surface area contributed by atoms with Gasteiger partial charge < -0.3 is 4.74 Å². The van der Waals surface area contributed by atoms with E-state index >= 15 is 0 Å². The fourth-order valence-electron chi connectivity index (χ4n) is 3.55. The number of aryl methyl sites for hydroxylation is 1. The Labute approximate surface area is 158 Å². The van der Waals surface area contributed by atoms with E-state index in [-0.39, 0.29) is 5.82 Å². The molecule has 2 aromatic heterocycles. The van der Waals surface area contributed by atoms with E-state index in [1.54, 1.807) is 18.2 Å². The van der Waals surface area contributed by atoms with E-state index in [1.807, 2.05) is 17.9 Å². The summed E-state index contributed by atoms with van der Waals surface area (Å²) >= 11 is 0. The summed E-state index contributed by atoms with van der Waals surface area (Å²) in [5.41, 5.74) is 3.35. The number of rotatable bonds is 7. The van der Waals surface area contributed by atoms with Crippen molar-refractivity contribution >= 4 is 0 Å². The number of nitrogens with zero attached hydrogens (tertiary/aromatic N) is 4. The number of halogens is 1. The molecule has 3 aromatic rings. The molecule has 0 radical (unpaired) electrons. The largest absolute Gasteiger partial charge is 0.490 e. The fraction of sp³-hybridized carbons (Fsp3) is 0.400. The zero-order valence-corrected chi connectivity index (χ0v) is 15.4. The molecule has 0 aliphatic carbocycles. The molecule has 0 amide bonds. The van der Waals surface area contributed by atoms with E-state index in [1.165, 1.54) is 11.8 Å². The predicted molar refractivity (Wildman–Crippen MR) is 100 cm³/mol. The van der Waals surface area contributed by atoms with Crippen molar-refractivity contribution in [1.29, 1.82) is 0 Å². The van der Waals surface area contributed by atoms with Gasteiger partial charge in [-0.15, -0.1) is 0 Å². The second-order valence-electron chi connectivity index (χ2n) is 7.01. The molecule has 7 heteroatoms. The topological polar surface area (TPSA) is 59.0 Å². The highest BCUT2D eigenvalue weighted by Gasteiger charge is 2.26. The van der Waals surface area contributed by atoms with E-state index in [0.717, 1.165) is 37.4 Å². The van der Waals surface area contributed by atoms with Crippen LogP contribution in [0.5, 0.6) is 5.75 Å². The van der Waals surface area contributed by atoms with Crippen molar-refractivity contribution in [3.05, 3.63) is 65.5 Å². The van der Waals surface area contributed by atoms with E-state index in [9.17, 15) is 4.39 Å². The van der Waals surface area contributed by atoms with Crippen molar-refractivity contribution in [2.75, 3.05) is 19.7 Å². The first-order valence-electron chi connectivity index (χ1n) is 9.30. The third-order valence-corrected chi connectivity index (χ3v) is 5.12. The predicted octanol–water partition coefficient (Wildman–Crippen LogP) is 2.89. The third kappa shape index (κ3) is 4.19. The van der Waals surface area contributed by atoms with Gasteiger partial charge in [0.25, 0.3) is 0 Å². The lowest BCUT2D eigenvalue weighted by molar-refractivity contribution is 0.304. The van der Waals surface area contributed by atoms with Crippen LogP contribution in [0.2, 0.25) is 0 Å². The maximum atomic E-state index is 13.6. The summed E-state index contributed by atoms with van der Waals surface area (Å²) in [6.45, 7) is 3.40. The van der Waals surface area contributed by atoms with Crippen molar-refractivity contribution in [2.24, 2.45) is 7.05 Å². The summed E-state index contributed by atoms with van der Waals surface area (Å²) in [6, 6.07) is 10.6. The Balaban J connectivity index is 1.28. The fourth-order valence-corrected chi connectivity index (χ4v) is 3.55. The van der Waals surface area contributed by atoms with Crippen molar-refractivity contribution in [1.82, 2.24) is 24.9 Å². The molecule has 1 fully saturated rings. The molecule has 0 bridgehead atoms. The first-order chi connectivity index (χ1) is 13.2. The first kappa shape index (κ1) is 17.7. The number of likely N-dealkylation sites (tertiary alicyclic amines) is 1. The van der Waals surface area contributed by atoms with Gasteiger partial charge in [-0.05, 0) is 37.2 Å². The van der Waals surface area contributed by atoms with Crippen LogP contribution in [0.15, 0.2) is 42.6 Å². The van der Waals surface area contributed by atoms with Gasteiger partial charge in [-0.3, -0.25) is 14.7 Å². The number of aromatic amines is 1. The second-order valence-corrected chi connectivity index (χ2v) is 7.01. The molecule has 4 rings (SSSR count). The maximum Gasteiger partial charge on any atom is 0.165 e. The van der Waals surface area contributed by atoms with Crippen molar-refractivity contribution in [3.63, 3.8) is 0 Å². The molecule has 3 heterocycles. The summed E-state index contributed by atoms with van der Waals surface area (Å²) in [5.74, 6) is 0.400. The summed E-state index contributed by atoms with van der Waals surface area (Å²) in [4.78, 5) is 2.44. The Morgan fingerprint density at radius 2 is 2.19 bits per heavy atom. The van der Waals surface area contributed by atoms with Crippen LogP contribution in [0.3, 0.4) is 0 Å². The molecule has 27 heavy (non-hydrogen) atoms. The van der Waals surface area contributed by atoms with Gasteiger partial charge >= 0.3 is 0 Å². The highest BCUT2D eigenvalue weighted by Crippen LogP contribution is 2.27. The van der Waals surface area contributed by atoms with Crippen molar-refractivity contribution in [2.45, 2.75) is 25.3 Å². The van der Waals surface area contributed by atoms with Gasteiger partial charge in [0.05, 0.1) is 18.0 Å². The maximum absolute atomic E-state index is 13.6. The molecule has 1 atom stereocenters. The SMILES string of the molecule is Cn1nccc1CN1CC[C@@H](c2cc(CCOc3ccccc3F)[nH]n2)C1. The number of hydrogen-bond donors (Lipinski definition) is 1. The second kappa shape index (κ2) is 7.92. The molecular weight excluding hydrogens is 345 g/mol. The van der Waals surface area contributed by atoms with Gasteiger partial charge in [0.2, 0.25) is 0 Å². The zero-order valence-electron chi connectivity index (χ0n) is 15.4. The minimum absolute atomic E-state index is 0.291. The van der Waals surface area contributed by atoms with E-state index in [4.69, 9.17) is 4.74 Å². The van der Waals surface area contributed by atoms with Crippen molar-refractivity contribution in [3.8, 4) is 5.75 Å². The monoisotopic (exact) mass is 369 g/mol. The lowest BCUT2D eigenvalue weighted by Gasteiger charge is -2.15. The van der Waals surface area contributed by atoms with Crippen molar-refractivity contribution < 1.29 is 9.13 Å². The van der Waals surface area contributed by atoms with Crippen LogP contribution < -0.4 is 4.74 Å². The van der Waals surface area contributed by atoms with Gasteiger partial charge in [-0.25, -0.2) is 4.39 Å². The van der Waals surface area contributed by atoms with E-state index < -0.39 is 0 Å². The van der Waals surface area contributed by atoms with Crippen LogP contribution in [0.4, 0.5) is 4.39 Å². The van der Waals surface area contributed by atoms with E-state index in [0.29, 0.717) is 24.7 Å². The summed E-state index contributed by atoms with van der Waals surface area (Å²) < 4.78 is 21.0. The van der Waals surface area contributed by atoms with Crippen LogP contribution >= 0.6 is 0 Å². The summed E-state index contributed by atoms with van der Waals surface area (Å²) in [5, 5.41) is 11.8. The third-order valence-electron chi connectivity index (χ3n) is 5.12. The van der Waals surface area contributed by atoms with Gasteiger partial charge in [-0.2, -0.15) is 10.2 Å². The zero-order chi connectivity index (χ0) is 18.6. The average molecular weight is 369 g/mol. The van der Waals surface area contributed by atoms with E-state index in [2.05, 4.69) is 32.3 Å². The molecule has 1 N–H and O–H groups in total. The Kier molecular flexibility index (Phi) is 5.20. The molecule has 1 aromatic carbocycles. The highest BCUT2D eigenvalue weighted by molar-refractivity contribution is 5.23. The van der Waals surface area contributed by atoms with Gasteiger partial charge in [0.15, 0.2) is 11.6 Å². The van der Waals surface area contributed by atoms with Crippen LogP contribution in [-0.2, 0) is 20.0 Å². The van der Waals surface area contributed by atoms with Crippen LogP contribution in [-0.4, -0.2) is 44.6 Å². The number of hydrogen-bond acceptors (Lipinski definition) is 4. The lowest BCUT2D eigenvalue weighted by Crippen LogP contribution is -2.21. The summed E-state index contributed by atoms with van der Waals surface area (Å²) in [6.07, 6.45) is 3.62. The smallest absolute Gasteiger partial charge is 0.165 e. The molecule has 1 aliphatic rings. The lowest BCUT2D eigenvalue weighted by atomic mass is 10.0. The number of H-pyrrole nitrogens is 1. The minimum atomic E-state index is -0.331. The van der Waals surface area contributed by atoms with Crippen LogP contribution in [0, 0.1) is 5.82 Å². The van der Waals surface area contributed by atoms with Crippen LogP contribution in [0.1, 0.15) is 29.4 Å². The Morgan fingerprint density at radius 3 is 3.00 bits per heavy atom. The average Bonchev–Trinajstić information content (AvgIpc) is 3.39. The number of aromatic nitrogens is 4. The highest BCUT2D eigenvalue weighted by atomic mass is 19.1. The number of para-hydroxylation sites is 1. The normalized spacial score (nSPS) is 17.5. The number of nitrogens with one attached hydrogen (secondary N) is 1. The molecule has 0 saturated carbocycles. The van der Waals surface area contributed by atoms with Gasteiger partial charge in [0, 0.05) is 44.4 Å². The minimum Gasteiger partial charge on any atom is -0.490 e. The first-order valence-corrected chi connectivity index (χ1v) is 9.30. The number of benzene rings is 1. The molecule has 142 valence electrons. The molecule has 0 spiro atoms. The van der Waals surface area contributed by atoms with Crippen LogP contribution in [0.25, 0.3) is 0 Å². The molecule has 1 aliphatic heterocycles. The van der Waals surface area contributed by atoms with Gasteiger partial charge in [0.1, 0.15) is 0 Å². The summed E-state index contributed by atoms with van der Waals surface area (Å²) in [7, 11) is 1.98. The van der Waals surface area contributed by atoms with Gasteiger partial charge in [-0.1, -0.05) is 12.1 Å². The number of ether oxygens (including phenoxy) is 1.